The zero-order valence-electron chi connectivity index (χ0n) is 13.9. The maximum absolute atomic E-state index is 12.8. The van der Waals surface area contributed by atoms with Gasteiger partial charge in [0.2, 0.25) is 5.91 Å². The largest absolute Gasteiger partial charge is 0.351 e. The lowest BCUT2D eigenvalue weighted by molar-refractivity contribution is -0.127. The Kier molecular flexibility index (Phi) is 4.81. The van der Waals surface area contributed by atoms with Crippen LogP contribution in [0.25, 0.3) is 0 Å². The minimum atomic E-state index is -1.00. The van der Waals surface area contributed by atoms with Gasteiger partial charge in [-0.25, -0.2) is 0 Å². The van der Waals surface area contributed by atoms with Gasteiger partial charge in [-0.05, 0) is 57.4 Å². The van der Waals surface area contributed by atoms with E-state index in [2.05, 4.69) is 33.2 Å². The lowest BCUT2D eigenvalue weighted by Crippen LogP contribution is -2.58. The Morgan fingerprint density at radius 2 is 1.83 bits per heavy atom. The van der Waals surface area contributed by atoms with E-state index in [9.17, 15) is 4.79 Å². The molecule has 5 heteroatoms. The lowest BCUT2D eigenvalue weighted by atomic mass is 9.81. The number of nitrogens with one attached hydrogen (secondary N) is 1. The van der Waals surface area contributed by atoms with Crippen molar-refractivity contribution in [3.8, 4) is 0 Å². The normalized spacial score (nSPS) is 30.5. The Hall–Kier alpha value is -0.910. The third-order valence-electron chi connectivity index (χ3n) is 5.59. The number of benzene rings is 1. The van der Waals surface area contributed by atoms with E-state index >= 15 is 0 Å². The van der Waals surface area contributed by atoms with Gasteiger partial charge in [0.15, 0.2) is 0 Å². The first-order chi connectivity index (χ1) is 10.9. The molecule has 23 heavy (non-hydrogen) atoms. The fourth-order valence-corrected chi connectivity index (χ4v) is 4.26. The molecule has 3 atom stereocenters. The molecule has 2 aliphatic rings. The molecule has 3 N–H and O–H groups in total. The summed E-state index contributed by atoms with van der Waals surface area (Å²) >= 11 is 3.42. The van der Waals surface area contributed by atoms with Crippen LogP contribution in [0.2, 0.25) is 0 Å². The number of hydrogen-bond donors (Lipinski definition) is 2. The number of nitrogens with zero attached hydrogens (tertiary/aromatic N) is 1. The van der Waals surface area contributed by atoms with Crippen LogP contribution in [-0.4, -0.2) is 36.0 Å². The van der Waals surface area contributed by atoms with E-state index in [4.69, 9.17) is 5.73 Å². The maximum atomic E-state index is 12.8. The van der Waals surface area contributed by atoms with Crippen molar-refractivity contribution in [1.29, 1.82) is 0 Å². The highest BCUT2D eigenvalue weighted by molar-refractivity contribution is 9.10. The predicted molar refractivity (Wildman–Crippen MR) is 96.0 cm³/mol. The second-order valence-corrected chi connectivity index (χ2v) is 8.17. The summed E-state index contributed by atoms with van der Waals surface area (Å²) in [5.41, 5.74) is 6.19. The molecule has 126 valence electrons. The number of halogens is 1. The fraction of sp³-hybridized carbons (Fsp3) is 0.611. The Morgan fingerprint density at radius 3 is 2.39 bits per heavy atom. The van der Waals surface area contributed by atoms with E-state index < -0.39 is 5.54 Å². The molecule has 2 heterocycles. The van der Waals surface area contributed by atoms with Crippen LogP contribution in [0.1, 0.15) is 44.6 Å². The number of rotatable bonds is 3. The lowest BCUT2D eigenvalue weighted by Gasteiger charge is -2.47. The quantitative estimate of drug-likeness (QED) is 0.848. The summed E-state index contributed by atoms with van der Waals surface area (Å²) in [6.45, 7) is 1.79. The number of piperidine rings is 2. The van der Waals surface area contributed by atoms with Crippen LogP contribution in [0.5, 0.6) is 0 Å². The van der Waals surface area contributed by atoms with Crippen molar-refractivity contribution in [2.45, 2.75) is 62.7 Å². The average Bonchev–Trinajstić information content (AvgIpc) is 2.48. The van der Waals surface area contributed by atoms with Crippen LogP contribution >= 0.6 is 15.9 Å². The molecule has 2 saturated heterocycles. The molecule has 3 unspecified atom stereocenters. The Bertz CT molecular complexity index is 558. The van der Waals surface area contributed by atoms with Gasteiger partial charge < -0.3 is 16.0 Å². The summed E-state index contributed by atoms with van der Waals surface area (Å²) in [5.74, 6) is -0.0764. The van der Waals surface area contributed by atoms with E-state index in [1.165, 1.54) is 19.3 Å². The van der Waals surface area contributed by atoms with Crippen LogP contribution in [-0.2, 0) is 10.3 Å². The summed E-state index contributed by atoms with van der Waals surface area (Å²) in [4.78, 5) is 15.3. The fourth-order valence-electron chi connectivity index (χ4n) is 4.00. The highest BCUT2D eigenvalue weighted by atomic mass is 79.9. The van der Waals surface area contributed by atoms with Gasteiger partial charge in [0.05, 0.1) is 0 Å². The maximum Gasteiger partial charge on any atom is 0.244 e. The standard InChI is InChI=1S/C18H26BrN3O/c1-18(20,12-6-8-13(19)9-7-12)17(23)21-14-10-15-4-3-5-16(11-14)22(15)2/h6-9,14-16H,3-5,10-11,20H2,1-2H3,(H,21,23). The predicted octanol–water partition coefficient (Wildman–Crippen LogP) is 2.75. The smallest absolute Gasteiger partial charge is 0.244 e. The van der Waals surface area contributed by atoms with Crippen LogP contribution < -0.4 is 11.1 Å². The van der Waals surface area contributed by atoms with Crippen molar-refractivity contribution < 1.29 is 4.79 Å². The molecule has 3 rings (SSSR count). The number of fused-ring (bicyclic) bond motifs is 2. The third-order valence-corrected chi connectivity index (χ3v) is 6.12. The molecular weight excluding hydrogens is 354 g/mol. The van der Waals surface area contributed by atoms with E-state index in [0.717, 1.165) is 22.9 Å². The highest BCUT2D eigenvalue weighted by Gasteiger charge is 2.38. The topological polar surface area (TPSA) is 58.4 Å². The summed E-state index contributed by atoms with van der Waals surface area (Å²) in [6.07, 6.45) is 5.87. The number of hydrogen-bond acceptors (Lipinski definition) is 3. The average molecular weight is 380 g/mol. The molecule has 0 aromatic heterocycles. The first kappa shape index (κ1) is 16.9. The molecule has 0 radical (unpaired) electrons. The first-order valence-corrected chi connectivity index (χ1v) is 9.25. The summed E-state index contributed by atoms with van der Waals surface area (Å²) in [5, 5.41) is 3.22. The SMILES string of the molecule is CN1C2CCCC1CC(NC(=O)C(C)(N)c1ccc(Br)cc1)C2. The van der Waals surface area contributed by atoms with Gasteiger partial charge in [-0.3, -0.25) is 4.79 Å². The number of carbonyl (C=O) groups excluding carboxylic acids is 1. The zero-order chi connectivity index (χ0) is 16.6. The van der Waals surface area contributed by atoms with Gasteiger partial charge in [0, 0.05) is 22.6 Å². The van der Waals surface area contributed by atoms with E-state index in [-0.39, 0.29) is 11.9 Å². The minimum absolute atomic E-state index is 0.0764. The van der Waals surface area contributed by atoms with Gasteiger partial charge in [-0.15, -0.1) is 0 Å². The zero-order valence-corrected chi connectivity index (χ0v) is 15.5. The monoisotopic (exact) mass is 379 g/mol. The van der Waals surface area contributed by atoms with Gasteiger partial charge in [-0.2, -0.15) is 0 Å². The Labute approximate surface area is 146 Å². The van der Waals surface area contributed by atoms with Gasteiger partial charge >= 0.3 is 0 Å². The second-order valence-electron chi connectivity index (χ2n) is 7.26. The van der Waals surface area contributed by atoms with E-state index in [1.54, 1.807) is 6.92 Å². The molecule has 0 spiro atoms. The molecule has 1 amide bonds. The molecule has 2 fully saturated rings. The summed E-state index contributed by atoms with van der Waals surface area (Å²) in [7, 11) is 2.22. The van der Waals surface area contributed by atoms with Crippen LogP contribution in [0.15, 0.2) is 28.7 Å². The molecular formula is C18H26BrN3O. The molecule has 2 bridgehead atoms. The molecule has 1 aromatic rings. The number of amides is 1. The van der Waals surface area contributed by atoms with Crippen molar-refractivity contribution in [3.05, 3.63) is 34.3 Å². The van der Waals surface area contributed by atoms with E-state index in [1.807, 2.05) is 24.3 Å². The molecule has 2 aliphatic heterocycles. The van der Waals surface area contributed by atoms with Gasteiger partial charge in [0.25, 0.3) is 0 Å². The molecule has 0 aliphatic carbocycles. The molecule has 0 saturated carbocycles. The first-order valence-electron chi connectivity index (χ1n) is 8.45. The highest BCUT2D eigenvalue weighted by Crippen LogP contribution is 2.33. The van der Waals surface area contributed by atoms with Crippen molar-refractivity contribution in [1.82, 2.24) is 10.2 Å². The van der Waals surface area contributed by atoms with Crippen molar-refractivity contribution >= 4 is 21.8 Å². The van der Waals surface area contributed by atoms with Gasteiger partial charge in [0.1, 0.15) is 5.54 Å². The Balaban J connectivity index is 1.67. The number of nitrogens with two attached hydrogens (primary N) is 1. The minimum Gasteiger partial charge on any atom is -0.351 e. The van der Waals surface area contributed by atoms with Crippen LogP contribution in [0.4, 0.5) is 0 Å². The van der Waals surface area contributed by atoms with Gasteiger partial charge in [-0.1, -0.05) is 34.5 Å². The number of carbonyl (C=O) groups is 1. The second kappa shape index (κ2) is 6.54. The molecule has 1 aromatic carbocycles. The van der Waals surface area contributed by atoms with Crippen LogP contribution in [0, 0.1) is 0 Å². The van der Waals surface area contributed by atoms with Crippen molar-refractivity contribution in [3.63, 3.8) is 0 Å². The van der Waals surface area contributed by atoms with Crippen LogP contribution in [0.3, 0.4) is 0 Å². The summed E-state index contributed by atoms with van der Waals surface area (Å²) < 4.78 is 0.987. The van der Waals surface area contributed by atoms with Crippen molar-refractivity contribution in [2.75, 3.05) is 7.05 Å². The van der Waals surface area contributed by atoms with Crippen molar-refractivity contribution in [2.24, 2.45) is 5.73 Å². The Morgan fingerprint density at radius 1 is 1.26 bits per heavy atom. The summed E-state index contributed by atoms with van der Waals surface area (Å²) in [6, 6.07) is 9.11. The molecule has 4 nitrogen and oxygen atoms in total. The van der Waals surface area contributed by atoms with E-state index in [0.29, 0.717) is 12.1 Å². The third kappa shape index (κ3) is 3.47.